The van der Waals surface area contributed by atoms with Gasteiger partial charge in [-0.1, -0.05) is 6.07 Å². The van der Waals surface area contributed by atoms with Crippen molar-refractivity contribution in [3.8, 4) is 0 Å². The van der Waals surface area contributed by atoms with Gasteiger partial charge in [0.15, 0.2) is 0 Å². The molecule has 0 fully saturated rings. The zero-order chi connectivity index (χ0) is 14.5. The second-order valence-electron chi connectivity index (χ2n) is 4.14. The molecular weight excluding hydrogens is 268 g/mol. The van der Waals surface area contributed by atoms with Crippen LogP contribution in [0.2, 0.25) is 0 Å². The van der Waals surface area contributed by atoms with E-state index in [9.17, 15) is 8.42 Å². The smallest absolute Gasteiger partial charge is 0.243 e. The average Bonchev–Trinajstić information content (AvgIpc) is 2.38. The lowest BCUT2D eigenvalue weighted by Crippen LogP contribution is -2.35. The van der Waals surface area contributed by atoms with Gasteiger partial charge in [0.25, 0.3) is 0 Å². The molecular formula is C12H20N2O4S. The van der Waals surface area contributed by atoms with E-state index in [1.165, 1.54) is 6.07 Å². The first-order valence-corrected chi connectivity index (χ1v) is 7.42. The van der Waals surface area contributed by atoms with Crippen LogP contribution in [0, 0.1) is 6.92 Å². The number of aliphatic hydroxyl groups is 2. The molecule has 0 atom stereocenters. The fourth-order valence-electron chi connectivity index (χ4n) is 1.78. The van der Waals surface area contributed by atoms with E-state index in [0.29, 0.717) is 6.54 Å². The molecule has 0 amide bonds. The monoisotopic (exact) mass is 288 g/mol. The van der Waals surface area contributed by atoms with Crippen LogP contribution in [-0.4, -0.2) is 49.2 Å². The SMILES string of the molecule is Cc1cc(S(=O)(=O)N(CCO)CCO)ccc1CN. The van der Waals surface area contributed by atoms with E-state index in [1.54, 1.807) is 19.1 Å². The molecule has 0 saturated heterocycles. The van der Waals surface area contributed by atoms with Crippen LogP contribution >= 0.6 is 0 Å². The van der Waals surface area contributed by atoms with Crippen molar-refractivity contribution in [2.75, 3.05) is 26.3 Å². The normalized spacial score (nSPS) is 12.1. The lowest BCUT2D eigenvalue weighted by Gasteiger charge is -2.20. The highest BCUT2D eigenvalue weighted by molar-refractivity contribution is 7.89. The molecule has 1 aromatic carbocycles. The third-order valence-electron chi connectivity index (χ3n) is 2.87. The number of aryl methyl sites for hydroxylation is 1. The van der Waals surface area contributed by atoms with Gasteiger partial charge in [0.2, 0.25) is 10.0 Å². The molecule has 4 N–H and O–H groups in total. The first-order valence-electron chi connectivity index (χ1n) is 5.98. The van der Waals surface area contributed by atoms with Crippen molar-refractivity contribution in [1.29, 1.82) is 0 Å². The Morgan fingerprint density at radius 2 is 1.79 bits per heavy atom. The summed E-state index contributed by atoms with van der Waals surface area (Å²) in [4.78, 5) is 0.143. The van der Waals surface area contributed by atoms with Gasteiger partial charge in [0, 0.05) is 19.6 Å². The quantitative estimate of drug-likeness (QED) is 0.623. The van der Waals surface area contributed by atoms with E-state index in [4.69, 9.17) is 15.9 Å². The Labute approximate surface area is 113 Å². The molecule has 0 bridgehead atoms. The number of aliphatic hydroxyl groups excluding tert-OH is 2. The van der Waals surface area contributed by atoms with Gasteiger partial charge in [-0.2, -0.15) is 4.31 Å². The molecule has 108 valence electrons. The molecule has 0 unspecified atom stereocenters. The van der Waals surface area contributed by atoms with Crippen molar-refractivity contribution < 1.29 is 18.6 Å². The molecule has 0 aliphatic heterocycles. The maximum Gasteiger partial charge on any atom is 0.243 e. The average molecular weight is 288 g/mol. The van der Waals surface area contributed by atoms with Crippen LogP contribution in [-0.2, 0) is 16.6 Å². The summed E-state index contributed by atoms with van der Waals surface area (Å²) in [5.41, 5.74) is 7.23. The molecule has 0 radical (unpaired) electrons. The summed E-state index contributed by atoms with van der Waals surface area (Å²) in [5.74, 6) is 0. The summed E-state index contributed by atoms with van der Waals surface area (Å²) >= 11 is 0. The van der Waals surface area contributed by atoms with Crippen molar-refractivity contribution in [2.24, 2.45) is 5.73 Å². The topological polar surface area (TPSA) is 104 Å². The maximum atomic E-state index is 12.3. The summed E-state index contributed by atoms with van der Waals surface area (Å²) in [7, 11) is -3.70. The molecule has 19 heavy (non-hydrogen) atoms. The number of sulfonamides is 1. The van der Waals surface area contributed by atoms with Gasteiger partial charge in [-0.05, 0) is 30.2 Å². The summed E-state index contributed by atoms with van der Waals surface area (Å²) < 4.78 is 25.7. The highest BCUT2D eigenvalue weighted by atomic mass is 32.2. The van der Waals surface area contributed by atoms with Gasteiger partial charge in [-0.3, -0.25) is 0 Å². The molecule has 1 rings (SSSR count). The Bertz CT molecular complexity index is 510. The van der Waals surface area contributed by atoms with Crippen molar-refractivity contribution >= 4 is 10.0 Å². The number of benzene rings is 1. The van der Waals surface area contributed by atoms with Crippen molar-refractivity contribution in [1.82, 2.24) is 4.31 Å². The fourth-order valence-corrected chi connectivity index (χ4v) is 3.29. The van der Waals surface area contributed by atoms with Crippen LogP contribution in [0.25, 0.3) is 0 Å². The molecule has 7 heteroatoms. The van der Waals surface area contributed by atoms with Gasteiger partial charge in [-0.15, -0.1) is 0 Å². The molecule has 0 heterocycles. The van der Waals surface area contributed by atoms with Crippen LogP contribution in [0.15, 0.2) is 23.1 Å². The third kappa shape index (κ3) is 3.74. The van der Waals surface area contributed by atoms with Gasteiger partial charge in [-0.25, -0.2) is 8.42 Å². The Morgan fingerprint density at radius 1 is 1.21 bits per heavy atom. The molecule has 0 aliphatic carbocycles. The molecule has 1 aromatic rings. The maximum absolute atomic E-state index is 12.3. The van der Waals surface area contributed by atoms with Crippen LogP contribution in [0.5, 0.6) is 0 Å². The fraction of sp³-hybridized carbons (Fsp3) is 0.500. The van der Waals surface area contributed by atoms with Gasteiger partial charge in [0.05, 0.1) is 18.1 Å². The Morgan fingerprint density at radius 3 is 2.21 bits per heavy atom. The predicted molar refractivity (Wildman–Crippen MR) is 72.0 cm³/mol. The van der Waals surface area contributed by atoms with E-state index < -0.39 is 10.0 Å². The summed E-state index contributed by atoms with van der Waals surface area (Å²) in [5, 5.41) is 17.8. The Kier molecular flexibility index (Phi) is 5.89. The lowest BCUT2D eigenvalue weighted by atomic mass is 10.1. The third-order valence-corrected chi connectivity index (χ3v) is 4.77. The minimum Gasteiger partial charge on any atom is -0.395 e. The van der Waals surface area contributed by atoms with Crippen LogP contribution in [0.4, 0.5) is 0 Å². The summed E-state index contributed by atoms with van der Waals surface area (Å²) in [6.07, 6.45) is 0. The highest BCUT2D eigenvalue weighted by Crippen LogP contribution is 2.19. The van der Waals surface area contributed by atoms with Gasteiger partial charge < -0.3 is 15.9 Å². The first-order chi connectivity index (χ1) is 8.97. The largest absolute Gasteiger partial charge is 0.395 e. The lowest BCUT2D eigenvalue weighted by molar-refractivity contribution is 0.217. The highest BCUT2D eigenvalue weighted by Gasteiger charge is 2.23. The number of nitrogens with two attached hydrogens (primary N) is 1. The van der Waals surface area contributed by atoms with E-state index in [0.717, 1.165) is 15.4 Å². The minimum atomic E-state index is -3.70. The molecule has 0 aliphatic rings. The van der Waals surface area contributed by atoms with E-state index in [2.05, 4.69) is 0 Å². The first kappa shape index (κ1) is 16.1. The summed E-state index contributed by atoms with van der Waals surface area (Å²) in [6.45, 7) is 1.48. The second-order valence-corrected chi connectivity index (χ2v) is 6.08. The van der Waals surface area contributed by atoms with E-state index in [-0.39, 0.29) is 31.2 Å². The molecule has 6 nitrogen and oxygen atoms in total. The van der Waals surface area contributed by atoms with Crippen LogP contribution in [0.3, 0.4) is 0 Å². The number of nitrogens with zero attached hydrogens (tertiary/aromatic N) is 1. The zero-order valence-electron chi connectivity index (χ0n) is 10.9. The minimum absolute atomic E-state index is 0.0411. The van der Waals surface area contributed by atoms with Gasteiger partial charge in [0.1, 0.15) is 0 Å². The molecule has 0 saturated carbocycles. The van der Waals surface area contributed by atoms with Crippen LogP contribution < -0.4 is 5.73 Å². The Balaban J connectivity index is 3.14. The zero-order valence-corrected chi connectivity index (χ0v) is 11.7. The van der Waals surface area contributed by atoms with Gasteiger partial charge >= 0.3 is 0 Å². The number of hydrogen-bond acceptors (Lipinski definition) is 5. The molecule has 0 spiro atoms. The van der Waals surface area contributed by atoms with Crippen molar-refractivity contribution in [3.63, 3.8) is 0 Å². The number of rotatable bonds is 7. The van der Waals surface area contributed by atoms with Crippen molar-refractivity contribution in [3.05, 3.63) is 29.3 Å². The van der Waals surface area contributed by atoms with E-state index >= 15 is 0 Å². The number of hydrogen-bond donors (Lipinski definition) is 3. The standard InChI is InChI=1S/C12H20N2O4S/c1-10-8-12(3-2-11(10)9-13)19(17,18)14(4-6-15)5-7-16/h2-3,8,15-16H,4-7,9,13H2,1H3. The second kappa shape index (κ2) is 6.97. The summed E-state index contributed by atoms with van der Waals surface area (Å²) in [6, 6.07) is 4.73. The predicted octanol–water partition coefficient (Wildman–Crippen LogP) is -0.571. The van der Waals surface area contributed by atoms with Crippen molar-refractivity contribution in [2.45, 2.75) is 18.4 Å². The Hall–Kier alpha value is -0.990. The molecule has 0 aromatic heterocycles. The van der Waals surface area contributed by atoms with Crippen LogP contribution in [0.1, 0.15) is 11.1 Å². The van der Waals surface area contributed by atoms with E-state index in [1.807, 2.05) is 0 Å².